The number of fused-ring (bicyclic) bond motifs is 1. The second kappa shape index (κ2) is 8.48. The van der Waals surface area contributed by atoms with E-state index in [9.17, 15) is 4.79 Å². The summed E-state index contributed by atoms with van der Waals surface area (Å²) in [6.45, 7) is 8.37. The molecule has 0 aliphatic carbocycles. The molecule has 0 spiro atoms. The fraction of sp³-hybridized carbons (Fsp3) is 0.409. The summed E-state index contributed by atoms with van der Waals surface area (Å²) in [5.41, 5.74) is 1.16. The lowest BCUT2D eigenvalue weighted by molar-refractivity contribution is 0.0852. The number of carbonyl (C=O) groups excluding carboxylic acids is 1. The van der Waals surface area contributed by atoms with E-state index in [1.807, 2.05) is 38.1 Å². The Labute approximate surface area is 180 Å². The van der Waals surface area contributed by atoms with Crippen LogP contribution in [0.3, 0.4) is 0 Å². The standard InChI is InChI=1S/C22H26ClN3O2S/c1-14-4-6-16-19(12-14)29-21(20(16)23)22(27)24-13-17(18-7-5-15(2)28-18)26-10-8-25(3)9-11-26/h4-7,12,17H,8-11,13H2,1-3H3,(H,24,27)/t17-/m1/s1. The van der Waals surface area contributed by atoms with Crippen molar-refractivity contribution in [2.45, 2.75) is 19.9 Å². The molecular weight excluding hydrogens is 406 g/mol. The Morgan fingerprint density at radius 1 is 1.21 bits per heavy atom. The molecule has 3 aromatic rings. The van der Waals surface area contributed by atoms with E-state index in [0.717, 1.165) is 53.3 Å². The quantitative estimate of drug-likeness (QED) is 0.646. The average Bonchev–Trinajstić information content (AvgIpc) is 3.26. The molecule has 4 rings (SSSR count). The van der Waals surface area contributed by atoms with Gasteiger partial charge < -0.3 is 14.6 Å². The van der Waals surface area contributed by atoms with E-state index in [1.54, 1.807) is 0 Å². The van der Waals surface area contributed by atoms with Crippen molar-refractivity contribution in [1.29, 1.82) is 0 Å². The van der Waals surface area contributed by atoms with E-state index in [0.29, 0.717) is 16.4 Å². The predicted octanol–water partition coefficient (Wildman–Crippen LogP) is 4.48. The number of nitrogens with one attached hydrogen (secondary N) is 1. The summed E-state index contributed by atoms with van der Waals surface area (Å²) in [7, 11) is 2.14. The van der Waals surface area contributed by atoms with Crippen LogP contribution in [0.1, 0.15) is 32.8 Å². The first-order valence-electron chi connectivity index (χ1n) is 9.88. The minimum atomic E-state index is -0.128. The van der Waals surface area contributed by atoms with Gasteiger partial charge in [-0.3, -0.25) is 9.69 Å². The van der Waals surface area contributed by atoms with Crippen molar-refractivity contribution >= 4 is 38.9 Å². The van der Waals surface area contributed by atoms with Gasteiger partial charge >= 0.3 is 0 Å². The summed E-state index contributed by atoms with van der Waals surface area (Å²) in [6.07, 6.45) is 0. The molecule has 1 fully saturated rings. The first-order valence-corrected chi connectivity index (χ1v) is 11.1. The number of halogens is 1. The van der Waals surface area contributed by atoms with Gasteiger partial charge in [0, 0.05) is 42.8 Å². The normalized spacial score (nSPS) is 17.0. The number of rotatable bonds is 5. The third-order valence-corrected chi connectivity index (χ3v) is 7.17. The highest BCUT2D eigenvalue weighted by Gasteiger charge is 2.27. The van der Waals surface area contributed by atoms with Gasteiger partial charge in [0.15, 0.2) is 0 Å². The van der Waals surface area contributed by atoms with Crippen molar-refractivity contribution in [1.82, 2.24) is 15.1 Å². The van der Waals surface area contributed by atoms with Crippen LogP contribution >= 0.6 is 22.9 Å². The van der Waals surface area contributed by atoms with Crippen LogP contribution in [-0.2, 0) is 0 Å². The average molecular weight is 432 g/mol. The predicted molar refractivity (Wildman–Crippen MR) is 119 cm³/mol. The number of amides is 1. The molecule has 3 heterocycles. The maximum atomic E-state index is 13.0. The molecule has 2 aromatic heterocycles. The molecule has 5 nitrogen and oxygen atoms in total. The van der Waals surface area contributed by atoms with Crippen LogP contribution in [0.2, 0.25) is 5.02 Å². The van der Waals surface area contributed by atoms with E-state index < -0.39 is 0 Å². The molecule has 1 saturated heterocycles. The fourth-order valence-electron chi connectivity index (χ4n) is 3.76. The number of benzene rings is 1. The monoisotopic (exact) mass is 431 g/mol. The third-order valence-electron chi connectivity index (χ3n) is 5.52. The molecule has 1 aliphatic heterocycles. The van der Waals surface area contributed by atoms with Crippen LogP contribution in [-0.4, -0.2) is 55.5 Å². The van der Waals surface area contributed by atoms with E-state index in [-0.39, 0.29) is 11.9 Å². The summed E-state index contributed by atoms with van der Waals surface area (Å²) >= 11 is 7.97. The SMILES string of the molecule is Cc1ccc2c(Cl)c(C(=O)NC[C@H](c3ccc(C)o3)N3CCN(C)CC3)sc2c1. The summed E-state index contributed by atoms with van der Waals surface area (Å²) in [6, 6.07) is 10.1. The number of thiophene rings is 1. The van der Waals surface area contributed by atoms with Gasteiger partial charge in [-0.25, -0.2) is 0 Å². The largest absolute Gasteiger partial charge is 0.465 e. The smallest absolute Gasteiger partial charge is 0.263 e. The highest BCUT2D eigenvalue weighted by molar-refractivity contribution is 7.21. The van der Waals surface area contributed by atoms with Crippen LogP contribution in [0, 0.1) is 13.8 Å². The zero-order valence-corrected chi connectivity index (χ0v) is 18.6. The molecule has 1 aromatic carbocycles. The lowest BCUT2D eigenvalue weighted by Crippen LogP contribution is -2.48. The number of aryl methyl sites for hydroxylation is 2. The Morgan fingerprint density at radius 3 is 2.66 bits per heavy atom. The molecule has 7 heteroatoms. The topological polar surface area (TPSA) is 48.7 Å². The molecule has 1 atom stereocenters. The number of carbonyl (C=O) groups is 1. The lowest BCUT2D eigenvalue weighted by atomic mass is 10.1. The van der Waals surface area contributed by atoms with Crippen LogP contribution in [0.25, 0.3) is 10.1 Å². The number of nitrogens with zero attached hydrogens (tertiary/aromatic N) is 2. The molecule has 0 radical (unpaired) electrons. The van der Waals surface area contributed by atoms with E-state index in [2.05, 4.69) is 28.2 Å². The maximum Gasteiger partial charge on any atom is 0.263 e. The van der Waals surface area contributed by atoms with Gasteiger partial charge in [-0.2, -0.15) is 0 Å². The molecule has 29 heavy (non-hydrogen) atoms. The van der Waals surface area contributed by atoms with Crippen molar-refractivity contribution in [2.75, 3.05) is 39.8 Å². The molecule has 1 N–H and O–H groups in total. The van der Waals surface area contributed by atoms with E-state index in [4.69, 9.17) is 16.0 Å². The lowest BCUT2D eigenvalue weighted by Gasteiger charge is -2.37. The number of piperazine rings is 1. The Balaban J connectivity index is 1.52. The van der Waals surface area contributed by atoms with Gasteiger partial charge in [0.2, 0.25) is 0 Å². The van der Waals surface area contributed by atoms with Crippen molar-refractivity contribution < 1.29 is 9.21 Å². The fourth-order valence-corrected chi connectivity index (χ4v) is 5.30. The summed E-state index contributed by atoms with van der Waals surface area (Å²) in [4.78, 5) is 18.2. The third kappa shape index (κ3) is 4.36. The van der Waals surface area contributed by atoms with Crippen molar-refractivity contribution in [3.63, 3.8) is 0 Å². The first-order chi connectivity index (χ1) is 13.9. The summed E-state index contributed by atoms with van der Waals surface area (Å²) in [5.74, 6) is 1.65. The first kappa shape index (κ1) is 20.4. The molecule has 1 aliphatic rings. The van der Waals surface area contributed by atoms with Gasteiger partial charge in [-0.1, -0.05) is 23.7 Å². The van der Waals surface area contributed by atoms with Gasteiger partial charge in [0.25, 0.3) is 5.91 Å². The number of hydrogen-bond donors (Lipinski definition) is 1. The van der Waals surface area contributed by atoms with Crippen LogP contribution in [0.15, 0.2) is 34.7 Å². The van der Waals surface area contributed by atoms with Crippen LogP contribution in [0.4, 0.5) is 0 Å². The number of likely N-dealkylation sites (N-methyl/N-ethyl adjacent to an activating group) is 1. The zero-order chi connectivity index (χ0) is 20.5. The Kier molecular flexibility index (Phi) is 5.97. The minimum Gasteiger partial charge on any atom is -0.465 e. The zero-order valence-electron chi connectivity index (χ0n) is 17.0. The minimum absolute atomic E-state index is 0.0109. The van der Waals surface area contributed by atoms with Gasteiger partial charge in [0.1, 0.15) is 16.4 Å². The van der Waals surface area contributed by atoms with Crippen molar-refractivity contribution in [2.24, 2.45) is 0 Å². The molecule has 0 bridgehead atoms. The van der Waals surface area contributed by atoms with E-state index >= 15 is 0 Å². The van der Waals surface area contributed by atoms with Crippen LogP contribution in [0.5, 0.6) is 0 Å². The molecular formula is C22H26ClN3O2S. The Hall–Kier alpha value is -1.86. The highest BCUT2D eigenvalue weighted by Crippen LogP contribution is 2.36. The maximum absolute atomic E-state index is 13.0. The second-order valence-electron chi connectivity index (χ2n) is 7.76. The van der Waals surface area contributed by atoms with Gasteiger partial charge in [-0.05, 0) is 44.7 Å². The summed E-state index contributed by atoms with van der Waals surface area (Å²) in [5, 5.41) is 4.57. The Bertz CT molecular complexity index is 1020. The summed E-state index contributed by atoms with van der Waals surface area (Å²) < 4.78 is 6.96. The second-order valence-corrected chi connectivity index (χ2v) is 9.19. The molecule has 0 unspecified atom stereocenters. The molecule has 0 saturated carbocycles. The number of furan rings is 1. The molecule has 154 valence electrons. The van der Waals surface area contributed by atoms with Crippen molar-refractivity contribution in [3.8, 4) is 0 Å². The van der Waals surface area contributed by atoms with Crippen molar-refractivity contribution in [3.05, 3.63) is 57.3 Å². The van der Waals surface area contributed by atoms with Gasteiger partial charge in [-0.15, -0.1) is 11.3 Å². The van der Waals surface area contributed by atoms with E-state index in [1.165, 1.54) is 11.3 Å². The van der Waals surface area contributed by atoms with Gasteiger partial charge in [0.05, 0.1) is 11.1 Å². The highest BCUT2D eigenvalue weighted by atomic mass is 35.5. The Morgan fingerprint density at radius 2 is 1.97 bits per heavy atom. The molecule has 1 amide bonds. The van der Waals surface area contributed by atoms with Crippen LogP contribution < -0.4 is 5.32 Å². The number of hydrogen-bond acceptors (Lipinski definition) is 5.